The predicted octanol–water partition coefficient (Wildman–Crippen LogP) is 4.41. The number of aromatic amines is 1. The Bertz CT molecular complexity index is 1480. The first-order chi connectivity index (χ1) is 15.9. The Balaban J connectivity index is 1.50. The Labute approximate surface area is 203 Å². The number of thiophene rings is 1. The molecule has 0 saturated heterocycles. The lowest BCUT2D eigenvalue weighted by molar-refractivity contribution is 0.183. The number of aromatic nitrogens is 4. The Hall–Kier alpha value is -2.20. The van der Waals surface area contributed by atoms with Crippen LogP contribution in [0.1, 0.15) is 29.6 Å². The molecule has 1 aromatic carbocycles. The van der Waals surface area contributed by atoms with Gasteiger partial charge in [0.2, 0.25) is 0 Å². The zero-order valence-corrected chi connectivity index (χ0v) is 20.7. The molecule has 1 atom stereocenters. The highest BCUT2D eigenvalue weighted by atomic mass is 35.5. The van der Waals surface area contributed by atoms with E-state index in [0.717, 1.165) is 29.5 Å². The molecule has 0 bridgehead atoms. The molecule has 4 aromatic rings. The molecule has 0 amide bonds. The SMILES string of the molecule is COCCn1c(SCc2nc3sc4c(c3c(=O)[nH]2)CC[C@H](C)C4)nc2cc(Cl)ccc2c1=O. The summed E-state index contributed by atoms with van der Waals surface area (Å²) in [4.78, 5) is 40.4. The topological polar surface area (TPSA) is 89.9 Å². The second-order valence-corrected chi connectivity index (χ2v) is 10.8. The number of H-pyrrole nitrogens is 1. The van der Waals surface area contributed by atoms with Crippen LogP contribution in [0.2, 0.25) is 5.02 Å². The third-order valence-electron chi connectivity index (χ3n) is 5.95. The summed E-state index contributed by atoms with van der Waals surface area (Å²) in [5.74, 6) is 1.59. The summed E-state index contributed by atoms with van der Waals surface area (Å²) < 4.78 is 6.79. The minimum atomic E-state index is -0.145. The van der Waals surface area contributed by atoms with Gasteiger partial charge in [0.15, 0.2) is 5.16 Å². The van der Waals surface area contributed by atoms with E-state index in [2.05, 4.69) is 16.9 Å². The number of thioether (sulfide) groups is 1. The maximum Gasteiger partial charge on any atom is 0.262 e. The van der Waals surface area contributed by atoms with Crippen molar-refractivity contribution >= 4 is 55.8 Å². The van der Waals surface area contributed by atoms with Crippen LogP contribution in [0.4, 0.5) is 0 Å². The van der Waals surface area contributed by atoms with Crippen LogP contribution in [0.3, 0.4) is 0 Å². The molecular weight excluding hydrogens is 480 g/mol. The van der Waals surface area contributed by atoms with Crippen molar-refractivity contribution in [2.45, 2.75) is 43.6 Å². The van der Waals surface area contributed by atoms with E-state index in [1.807, 2.05) is 0 Å². The van der Waals surface area contributed by atoms with Crippen LogP contribution in [-0.4, -0.2) is 33.2 Å². The van der Waals surface area contributed by atoms with E-state index < -0.39 is 0 Å². The summed E-state index contributed by atoms with van der Waals surface area (Å²) in [6.45, 7) is 3.01. The van der Waals surface area contributed by atoms with Crippen molar-refractivity contribution in [2.75, 3.05) is 13.7 Å². The van der Waals surface area contributed by atoms with E-state index in [4.69, 9.17) is 21.3 Å². The molecule has 0 unspecified atom stereocenters. The normalized spacial score (nSPS) is 15.9. The van der Waals surface area contributed by atoms with Crippen molar-refractivity contribution in [1.82, 2.24) is 19.5 Å². The predicted molar refractivity (Wildman–Crippen MR) is 134 cm³/mol. The lowest BCUT2D eigenvalue weighted by Gasteiger charge is -2.17. The zero-order chi connectivity index (χ0) is 23.1. The van der Waals surface area contributed by atoms with Gasteiger partial charge in [-0.2, -0.15) is 0 Å². The molecule has 3 aromatic heterocycles. The Morgan fingerprint density at radius 1 is 1.33 bits per heavy atom. The lowest BCUT2D eigenvalue weighted by atomic mass is 9.89. The number of nitrogens with zero attached hydrogens (tertiary/aromatic N) is 3. The second kappa shape index (κ2) is 9.21. The molecule has 1 N–H and O–H groups in total. The smallest absolute Gasteiger partial charge is 0.262 e. The fourth-order valence-corrected chi connectivity index (χ4v) is 6.72. The molecule has 172 valence electrons. The van der Waals surface area contributed by atoms with E-state index in [1.165, 1.54) is 22.2 Å². The van der Waals surface area contributed by atoms with Crippen molar-refractivity contribution in [3.8, 4) is 0 Å². The van der Waals surface area contributed by atoms with Gasteiger partial charge in [-0.05, 0) is 48.9 Å². The fraction of sp³-hybridized carbons (Fsp3) is 0.391. The molecule has 3 heterocycles. The van der Waals surface area contributed by atoms with Crippen LogP contribution < -0.4 is 11.1 Å². The number of nitrogens with one attached hydrogen (secondary N) is 1. The Morgan fingerprint density at radius 3 is 3.00 bits per heavy atom. The molecule has 0 fully saturated rings. The number of halogens is 1. The van der Waals surface area contributed by atoms with E-state index in [9.17, 15) is 9.59 Å². The molecule has 7 nitrogen and oxygen atoms in total. The third-order valence-corrected chi connectivity index (χ3v) is 8.32. The molecular formula is C23H23ClN4O3S2. The summed E-state index contributed by atoms with van der Waals surface area (Å²) in [6.07, 6.45) is 3.05. The summed E-state index contributed by atoms with van der Waals surface area (Å²) in [5, 5.41) is 2.30. The number of methoxy groups -OCH3 is 1. The molecule has 1 aliphatic rings. The van der Waals surface area contributed by atoms with Gasteiger partial charge in [0, 0.05) is 17.0 Å². The highest BCUT2D eigenvalue weighted by Crippen LogP contribution is 2.35. The van der Waals surface area contributed by atoms with Gasteiger partial charge < -0.3 is 9.72 Å². The van der Waals surface area contributed by atoms with Crippen molar-refractivity contribution in [3.05, 3.63) is 60.2 Å². The molecule has 10 heteroatoms. The largest absolute Gasteiger partial charge is 0.383 e. The van der Waals surface area contributed by atoms with Crippen LogP contribution >= 0.6 is 34.7 Å². The van der Waals surface area contributed by atoms with Crippen LogP contribution in [0.25, 0.3) is 21.1 Å². The number of rotatable bonds is 6. The van der Waals surface area contributed by atoms with Crippen LogP contribution in [0.15, 0.2) is 32.9 Å². The van der Waals surface area contributed by atoms with Crippen molar-refractivity contribution in [3.63, 3.8) is 0 Å². The lowest BCUT2D eigenvalue weighted by Crippen LogP contribution is -2.25. The van der Waals surface area contributed by atoms with Gasteiger partial charge in [-0.25, -0.2) is 9.97 Å². The highest BCUT2D eigenvalue weighted by molar-refractivity contribution is 7.98. The van der Waals surface area contributed by atoms with Gasteiger partial charge in [0.05, 0.1) is 35.2 Å². The van der Waals surface area contributed by atoms with Crippen molar-refractivity contribution in [2.24, 2.45) is 5.92 Å². The third kappa shape index (κ3) is 4.35. The molecule has 0 saturated carbocycles. The molecule has 5 rings (SSSR count). The van der Waals surface area contributed by atoms with Crippen LogP contribution in [0, 0.1) is 5.92 Å². The highest BCUT2D eigenvalue weighted by Gasteiger charge is 2.23. The molecule has 0 radical (unpaired) electrons. The number of hydrogen-bond acceptors (Lipinski definition) is 7. The number of fused-ring (bicyclic) bond motifs is 4. The average Bonchev–Trinajstić information content (AvgIpc) is 3.14. The number of benzene rings is 1. The minimum Gasteiger partial charge on any atom is -0.383 e. The number of ether oxygens (including phenoxy) is 1. The first-order valence-electron chi connectivity index (χ1n) is 10.8. The van der Waals surface area contributed by atoms with Crippen LogP contribution in [-0.2, 0) is 29.9 Å². The van der Waals surface area contributed by atoms with E-state index >= 15 is 0 Å². The maximum absolute atomic E-state index is 13.1. The summed E-state index contributed by atoms with van der Waals surface area (Å²) in [7, 11) is 1.59. The van der Waals surface area contributed by atoms with Gasteiger partial charge in [0.25, 0.3) is 11.1 Å². The van der Waals surface area contributed by atoms with E-state index in [1.54, 1.807) is 41.2 Å². The number of aryl methyl sites for hydroxylation is 1. The molecule has 1 aliphatic carbocycles. The summed E-state index contributed by atoms with van der Waals surface area (Å²) >= 11 is 9.11. The van der Waals surface area contributed by atoms with E-state index in [0.29, 0.717) is 51.7 Å². The average molecular weight is 503 g/mol. The monoisotopic (exact) mass is 502 g/mol. The summed E-state index contributed by atoms with van der Waals surface area (Å²) in [5.41, 5.74) is 1.48. The Morgan fingerprint density at radius 2 is 2.18 bits per heavy atom. The van der Waals surface area contributed by atoms with Gasteiger partial charge in [-0.3, -0.25) is 14.2 Å². The standard InChI is InChI=1S/C23H23ClN4O3S2/c1-12-3-5-15-17(9-12)33-21-19(15)20(29)26-18(27-21)11-32-23-25-16-10-13(24)4-6-14(16)22(30)28(23)7-8-31-2/h4,6,10,12H,3,5,7-9,11H2,1-2H3,(H,26,27,29)/t12-/m0/s1. The number of hydrogen-bond donors (Lipinski definition) is 1. The van der Waals surface area contributed by atoms with Gasteiger partial charge in [-0.15, -0.1) is 11.3 Å². The maximum atomic E-state index is 13.1. The molecule has 0 spiro atoms. The van der Waals surface area contributed by atoms with Gasteiger partial charge >= 0.3 is 0 Å². The quantitative estimate of drug-likeness (QED) is 0.310. The first kappa shape index (κ1) is 22.6. The van der Waals surface area contributed by atoms with E-state index in [-0.39, 0.29) is 11.1 Å². The van der Waals surface area contributed by atoms with Crippen molar-refractivity contribution < 1.29 is 4.74 Å². The van der Waals surface area contributed by atoms with Gasteiger partial charge in [-0.1, -0.05) is 30.3 Å². The molecule has 0 aliphatic heterocycles. The zero-order valence-electron chi connectivity index (χ0n) is 18.3. The molecule has 33 heavy (non-hydrogen) atoms. The van der Waals surface area contributed by atoms with Crippen LogP contribution in [0.5, 0.6) is 0 Å². The van der Waals surface area contributed by atoms with Crippen molar-refractivity contribution in [1.29, 1.82) is 0 Å². The fourth-order valence-electron chi connectivity index (χ4n) is 4.26. The Kier molecular flexibility index (Phi) is 6.30. The first-order valence-corrected chi connectivity index (χ1v) is 13.0. The second-order valence-electron chi connectivity index (χ2n) is 8.34. The minimum absolute atomic E-state index is 0.0855. The summed E-state index contributed by atoms with van der Waals surface area (Å²) in [6, 6.07) is 5.06. The van der Waals surface area contributed by atoms with Gasteiger partial charge in [0.1, 0.15) is 10.7 Å².